The lowest BCUT2D eigenvalue weighted by atomic mass is 10.1. The molecule has 0 unspecified atom stereocenters. The normalized spacial score (nSPS) is 11.2. The van der Waals surface area contributed by atoms with Gasteiger partial charge in [-0.2, -0.15) is 0 Å². The van der Waals surface area contributed by atoms with Crippen molar-refractivity contribution in [2.45, 2.75) is 26.1 Å². The number of halogens is 4. The van der Waals surface area contributed by atoms with Crippen LogP contribution in [0.2, 0.25) is 5.02 Å². The average molecular weight is 297 g/mol. The summed E-state index contributed by atoms with van der Waals surface area (Å²) in [6.07, 6.45) is -4.76. The van der Waals surface area contributed by atoms with Gasteiger partial charge in [0.05, 0.1) is 6.61 Å². The molecule has 1 rings (SSSR count). The zero-order chi connectivity index (χ0) is 14.5. The highest BCUT2D eigenvalue weighted by Gasteiger charge is 2.32. The number of aryl methyl sites for hydroxylation is 1. The number of hydrogen-bond donors (Lipinski definition) is 0. The van der Waals surface area contributed by atoms with Gasteiger partial charge in [0.25, 0.3) is 0 Å². The Labute approximate surface area is 113 Å². The lowest BCUT2D eigenvalue weighted by molar-refractivity contribution is -0.274. The van der Waals surface area contributed by atoms with Crippen molar-refractivity contribution in [2.24, 2.45) is 0 Å². The Balaban J connectivity index is 2.79. The monoisotopic (exact) mass is 296 g/mol. The minimum absolute atomic E-state index is 0.0393. The van der Waals surface area contributed by atoms with E-state index in [4.69, 9.17) is 16.3 Å². The molecule has 19 heavy (non-hydrogen) atoms. The molecule has 0 bridgehead atoms. The number of carbonyl (C=O) groups is 1. The van der Waals surface area contributed by atoms with Gasteiger partial charge in [-0.05, 0) is 37.1 Å². The molecule has 0 N–H and O–H groups in total. The Morgan fingerprint density at radius 3 is 2.63 bits per heavy atom. The fourth-order valence-electron chi connectivity index (χ4n) is 1.44. The number of carbonyl (C=O) groups excluding carboxylic acids is 1. The summed E-state index contributed by atoms with van der Waals surface area (Å²) in [5.41, 5.74) is 0.206. The number of hydrogen-bond acceptors (Lipinski definition) is 3. The first-order chi connectivity index (χ1) is 8.81. The first-order valence-corrected chi connectivity index (χ1v) is 5.89. The first-order valence-electron chi connectivity index (χ1n) is 5.51. The van der Waals surface area contributed by atoms with Crippen LogP contribution >= 0.6 is 11.6 Å². The summed E-state index contributed by atoms with van der Waals surface area (Å²) < 4.78 is 45.2. The lowest BCUT2D eigenvalue weighted by Gasteiger charge is -2.13. The van der Waals surface area contributed by atoms with Gasteiger partial charge >= 0.3 is 12.3 Å². The Hall–Kier alpha value is -1.43. The summed E-state index contributed by atoms with van der Waals surface area (Å²) >= 11 is 5.71. The van der Waals surface area contributed by atoms with Crippen molar-refractivity contribution in [3.05, 3.63) is 28.8 Å². The van der Waals surface area contributed by atoms with Crippen LogP contribution in [-0.4, -0.2) is 18.9 Å². The summed E-state index contributed by atoms with van der Waals surface area (Å²) in [6, 6.07) is 3.74. The van der Waals surface area contributed by atoms with E-state index in [9.17, 15) is 18.0 Å². The Kier molecular flexibility index (Phi) is 5.47. The fourth-order valence-corrected chi connectivity index (χ4v) is 1.63. The fraction of sp³-hybridized carbons (Fsp3) is 0.417. The highest BCUT2D eigenvalue weighted by molar-refractivity contribution is 6.30. The number of ether oxygens (including phenoxy) is 2. The van der Waals surface area contributed by atoms with E-state index in [0.717, 1.165) is 6.07 Å². The minimum Gasteiger partial charge on any atom is -0.466 e. The van der Waals surface area contributed by atoms with Crippen molar-refractivity contribution in [1.82, 2.24) is 0 Å². The molecule has 0 aliphatic heterocycles. The molecule has 0 aliphatic carbocycles. The Morgan fingerprint density at radius 2 is 2.05 bits per heavy atom. The number of alkyl halides is 3. The molecule has 0 saturated heterocycles. The molecule has 0 saturated carbocycles. The van der Waals surface area contributed by atoms with Crippen molar-refractivity contribution in [2.75, 3.05) is 6.61 Å². The van der Waals surface area contributed by atoms with E-state index in [-0.39, 0.29) is 35.8 Å². The predicted octanol–water partition coefficient (Wildman–Crippen LogP) is 3.73. The van der Waals surface area contributed by atoms with Crippen LogP contribution in [0.3, 0.4) is 0 Å². The van der Waals surface area contributed by atoms with Crippen molar-refractivity contribution in [3.8, 4) is 5.75 Å². The van der Waals surface area contributed by atoms with Crippen molar-refractivity contribution in [1.29, 1.82) is 0 Å². The first kappa shape index (κ1) is 15.6. The van der Waals surface area contributed by atoms with Crippen LogP contribution in [-0.2, 0) is 16.0 Å². The van der Waals surface area contributed by atoms with E-state index in [2.05, 4.69) is 4.74 Å². The highest BCUT2D eigenvalue weighted by Crippen LogP contribution is 2.29. The molecule has 7 heteroatoms. The average Bonchev–Trinajstić information content (AvgIpc) is 2.28. The SMILES string of the molecule is CCOC(=O)CCc1cc(Cl)ccc1OC(F)(F)F. The maximum absolute atomic E-state index is 12.2. The van der Waals surface area contributed by atoms with E-state index in [0.29, 0.717) is 0 Å². The third-order valence-corrected chi connectivity index (χ3v) is 2.39. The third kappa shape index (κ3) is 5.83. The Bertz CT molecular complexity index is 446. The van der Waals surface area contributed by atoms with Crippen LogP contribution in [0.5, 0.6) is 5.75 Å². The van der Waals surface area contributed by atoms with Crippen LogP contribution in [0, 0.1) is 0 Å². The molecule has 0 atom stereocenters. The zero-order valence-corrected chi connectivity index (χ0v) is 10.8. The van der Waals surface area contributed by atoms with Crippen LogP contribution < -0.4 is 4.74 Å². The van der Waals surface area contributed by atoms with Crippen LogP contribution in [0.4, 0.5) is 13.2 Å². The molecule has 0 aliphatic rings. The summed E-state index contributed by atoms with van der Waals surface area (Å²) in [6.45, 7) is 1.87. The molecule has 0 amide bonds. The summed E-state index contributed by atoms with van der Waals surface area (Å²) in [4.78, 5) is 11.2. The topological polar surface area (TPSA) is 35.5 Å². The van der Waals surface area contributed by atoms with Crippen molar-refractivity contribution in [3.63, 3.8) is 0 Å². The molecule has 0 heterocycles. The van der Waals surface area contributed by atoms with Crippen molar-refractivity contribution < 1.29 is 27.4 Å². The highest BCUT2D eigenvalue weighted by atomic mass is 35.5. The molecule has 1 aromatic carbocycles. The van der Waals surface area contributed by atoms with Gasteiger partial charge in [-0.1, -0.05) is 11.6 Å². The maximum Gasteiger partial charge on any atom is 0.573 e. The number of benzene rings is 1. The second-order valence-corrected chi connectivity index (χ2v) is 4.04. The molecule has 1 aromatic rings. The second-order valence-electron chi connectivity index (χ2n) is 3.60. The number of esters is 1. The molecular formula is C12H12ClF3O3. The zero-order valence-electron chi connectivity index (χ0n) is 10.1. The largest absolute Gasteiger partial charge is 0.573 e. The molecule has 106 valence electrons. The smallest absolute Gasteiger partial charge is 0.466 e. The van der Waals surface area contributed by atoms with E-state index in [1.807, 2.05) is 0 Å². The van der Waals surface area contributed by atoms with Crippen LogP contribution in [0.1, 0.15) is 18.9 Å². The molecule has 0 spiro atoms. The Morgan fingerprint density at radius 1 is 1.37 bits per heavy atom. The molecular weight excluding hydrogens is 285 g/mol. The summed E-state index contributed by atoms with van der Waals surface area (Å²) in [5, 5.41) is 0.272. The van der Waals surface area contributed by atoms with Gasteiger partial charge < -0.3 is 9.47 Å². The minimum atomic E-state index is -4.79. The van der Waals surface area contributed by atoms with Gasteiger partial charge in [-0.25, -0.2) is 0 Å². The predicted molar refractivity (Wildman–Crippen MR) is 63.1 cm³/mol. The summed E-state index contributed by atoms with van der Waals surface area (Å²) in [5.74, 6) is -0.846. The van der Waals surface area contributed by atoms with Gasteiger partial charge in [0.1, 0.15) is 5.75 Å². The molecule has 0 radical (unpaired) electrons. The number of rotatable bonds is 5. The molecule has 3 nitrogen and oxygen atoms in total. The van der Waals surface area contributed by atoms with Gasteiger partial charge in [0.15, 0.2) is 0 Å². The quantitative estimate of drug-likeness (QED) is 0.777. The van der Waals surface area contributed by atoms with Crippen LogP contribution in [0.25, 0.3) is 0 Å². The van der Waals surface area contributed by atoms with E-state index in [1.54, 1.807) is 6.92 Å². The van der Waals surface area contributed by atoms with E-state index in [1.165, 1.54) is 12.1 Å². The molecule has 0 fully saturated rings. The molecule has 0 aromatic heterocycles. The lowest BCUT2D eigenvalue weighted by Crippen LogP contribution is -2.18. The van der Waals surface area contributed by atoms with Gasteiger partial charge in [-0.15, -0.1) is 13.2 Å². The standard InChI is InChI=1S/C12H12ClF3O3/c1-2-18-11(17)6-3-8-7-9(13)4-5-10(8)19-12(14,15)16/h4-5,7H,2-3,6H2,1H3. The van der Waals surface area contributed by atoms with Crippen LogP contribution in [0.15, 0.2) is 18.2 Å². The van der Waals surface area contributed by atoms with Gasteiger partial charge in [0, 0.05) is 11.4 Å². The van der Waals surface area contributed by atoms with E-state index >= 15 is 0 Å². The third-order valence-electron chi connectivity index (χ3n) is 2.15. The van der Waals surface area contributed by atoms with Crippen molar-refractivity contribution >= 4 is 17.6 Å². The summed E-state index contributed by atoms with van der Waals surface area (Å²) in [7, 11) is 0. The van der Waals surface area contributed by atoms with Gasteiger partial charge in [0.2, 0.25) is 0 Å². The maximum atomic E-state index is 12.2. The second kappa shape index (κ2) is 6.65. The van der Waals surface area contributed by atoms with Gasteiger partial charge in [-0.3, -0.25) is 4.79 Å². The van der Waals surface area contributed by atoms with E-state index < -0.39 is 12.3 Å².